The maximum Gasteiger partial charge on any atom is 0.183 e. The van der Waals surface area contributed by atoms with Gasteiger partial charge in [0.2, 0.25) is 0 Å². The summed E-state index contributed by atoms with van der Waals surface area (Å²) in [6.45, 7) is 0. The number of nitrogens with zero attached hydrogens (tertiary/aromatic N) is 1. The van der Waals surface area contributed by atoms with Gasteiger partial charge in [-0.15, -0.1) is 11.3 Å². The Bertz CT molecular complexity index is 174. The lowest BCUT2D eigenvalue weighted by Crippen LogP contribution is -1.84. The van der Waals surface area contributed by atoms with E-state index >= 15 is 0 Å². The van der Waals surface area contributed by atoms with Crippen LogP contribution in [0, 0.1) is 3.70 Å². The van der Waals surface area contributed by atoms with Crippen LogP contribution in [-0.4, -0.2) is 12.0 Å². The van der Waals surface area contributed by atoms with Crippen molar-refractivity contribution in [2.45, 2.75) is 0 Å². The normalized spacial score (nSPS) is 9.25. The molecule has 0 atom stereocenters. The van der Waals surface area contributed by atoms with E-state index in [0.29, 0.717) is 0 Å². The summed E-state index contributed by atoms with van der Waals surface area (Å²) in [6, 6.07) is 0. The third-order valence-electron chi connectivity index (χ3n) is 0.690. The van der Waals surface area contributed by atoms with Gasteiger partial charge in [-0.25, -0.2) is 4.98 Å². The summed E-state index contributed by atoms with van der Waals surface area (Å²) >= 11 is 3.80. The van der Waals surface area contributed by atoms with E-state index in [4.69, 9.17) is 0 Å². The summed E-state index contributed by atoms with van der Waals surface area (Å²) in [5.41, 5.74) is 0. The number of rotatable bonds is 1. The van der Waals surface area contributed by atoms with Gasteiger partial charge in [0.05, 0.1) is 0 Å². The van der Waals surface area contributed by atoms with E-state index in [1.807, 2.05) is 12.4 Å². The minimum Gasteiger partial charge on any atom is -0.365 e. The van der Waals surface area contributed by atoms with Crippen LogP contribution in [0.25, 0.3) is 0 Å². The zero-order valence-corrected chi connectivity index (χ0v) is 7.28. The molecule has 0 fully saturated rings. The highest BCUT2D eigenvalue weighted by Gasteiger charge is 1.92. The molecule has 8 heavy (non-hydrogen) atoms. The minimum absolute atomic E-state index is 0.981. The van der Waals surface area contributed by atoms with Gasteiger partial charge in [0.1, 0.15) is 3.70 Å². The standard InChI is InChI=1S/C4H5IN2S/c1-6-4-7-3(5)2-8-4/h2H,1H3,(H,6,7). The molecule has 0 saturated heterocycles. The average molecular weight is 240 g/mol. The Hall–Kier alpha value is 0.160. The second-order valence-corrected chi connectivity index (χ2v) is 3.19. The molecular weight excluding hydrogens is 235 g/mol. The van der Waals surface area contributed by atoms with Gasteiger partial charge >= 0.3 is 0 Å². The van der Waals surface area contributed by atoms with Crippen molar-refractivity contribution in [3.05, 3.63) is 9.08 Å². The number of halogens is 1. The fourth-order valence-electron chi connectivity index (χ4n) is 0.369. The molecule has 0 aliphatic carbocycles. The van der Waals surface area contributed by atoms with Crippen LogP contribution in [0.15, 0.2) is 5.38 Å². The minimum atomic E-state index is 0.981. The third kappa shape index (κ3) is 1.32. The van der Waals surface area contributed by atoms with Crippen LogP contribution in [0.1, 0.15) is 0 Å². The predicted octanol–water partition coefficient (Wildman–Crippen LogP) is 1.79. The van der Waals surface area contributed by atoms with Crippen molar-refractivity contribution in [1.29, 1.82) is 0 Å². The molecule has 1 N–H and O–H groups in total. The van der Waals surface area contributed by atoms with Crippen LogP contribution in [0.2, 0.25) is 0 Å². The van der Waals surface area contributed by atoms with Crippen LogP contribution in [0.5, 0.6) is 0 Å². The molecule has 0 spiro atoms. The van der Waals surface area contributed by atoms with Crippen LogP contribution in [-0.2, 0) is 0 Å². The number of aromatic nitrogens is 1. The Morgan fingerprint density at radius 1 is 1.88 bits per heavy atom. The summed E-state index contributed by atoms with van der Waals surface area (Å²) < 4.78 is 1.05. The van der Waals surface area contributed by atoms with E-state index in [9.17, 15) is 0 Å². The number of hydrogen-bond donors (Lipinski definition) is 1. The highest BCUT2D eigenvalue weighted by atomic mass is 127. The topological polar surface area (TPSA) is 24.9 Å². The first-order chi connectivity index (χ1) is 3.83. The van der Waals surface area contributed by atoms with Crippen LogP contribution >= 0.6 is 33.9 Å². The summed E-state index contributed by atoms with van der Waals surface area (Å²) in [7, 11) is 1.87. The molecule has 4 heteroatoms. The van der Waals surface area contributed by atoms with E-state index in [2.05, 4.69) is 32.9 Å². The Balaban J connectivity index is 2.84. The zero-order chi connectivity index (χ0) is 5.98. The SMILES string of the molecule is CNc1nc(I)cs1. The van der Waals surface area contributed by atoms with E-state index in [1.54, 1.807) is 11.3 Å². The van der Waals surface area contributed by atoms with Gasteiger partial charge in [0, 0.05) is 12.4 Å². The van der Waals surface area contributed by atoms with Crippen LogP contribution in [0.4, 0.5) is 5.13 Å². The lowest BCUT2D eigenvalue weighted by atomic mass is 11.0. The summed E-state index contributed by atoms with van der Waals surface area (Å²) in [5, 5.41) is 5.94. The van der Waals surface area contributed by atoms with Gasteiger partial charge in [-0.05, 0) is 22.6 Å². The van der Waals surface area contributed by atoms with Crippen molar-refractivity contribution in [3.8, 4) is 0 Å². The van der Waals surface area contributed by atoms with Gasteiger partial charge in [0.25, 0.3) is 0 Å². The second kappa shape index (κ2) is 2.63. The first kappa shape index (κ1) is 6.28. The summed E-state index contributed by atoms with van der Waals surface area (Å²) in [6.07, 6.45) is 0. The van der Waals surface area contributed by atoms with Crippen molar-refractivity contribution >= 4 is 39.1 Å². The Morgan fingerprint density at radius 3 is 2.88 bits per heavy atom. The van der Waals surface area contributed by atoms with E-state index in [0.717, 1.165) is 8.83 Å². The van der Waals surface area contributed by atoms with Crippen molar-refractivity contribution in [3.63, 3.8) is 0 Å². The zero-order valence-electron chi connectivity index (χ0n) is 4.31. The summed E-state index contributed by atoms with van der Waals surface area (Å²) in [4.78, 5) is 4.12. The molecule has 0 amide bonds. The van der Waals surface area contributed by atoms with Gasteiger partial charge in [-0.1, -0.05) is 0 Å². The first-order valence-corrected chi connectivity index (χ1v) is 4.07. The molecule has 0 saturated carbocycles. The van der Waals surface area contributed by atoms with Crippen molar-refractivity contribution in [1.82, 2.24) is 4.98 Å². The fraction of sp³-hybridized carbons (Fsp3) is 0.250. The molecule has 0 aliphatic heterocycles. The van der Waals surface area contributed by atoms with Crippen LogP contribution in [0.3, 0.4) is 0 Å². The molecule has 1 aromatic heterocycles. The molecule has 1 heterocycles. The molecule has 0 radical (unpaired) electrons. The number of anilines is 1. The van der Waals surface area contributed by atoms with Gasteiger partial charge in [-0.3, -0.25) is 0 Å². The molecule has 0 aliphatic rings. The molecule has 1 aromatic rings. The first-order valence-electron chi connectivity index (χ1n) is 2.11. The van der Waals surface area contributed by atoms with E-state index in [1.165, 1.54) is 0 Å². The van der Waals surface area contributed by atoms with Crippen molar-refractivity contribution in [2.75, 3.05) is 12.4 Å². The molecule has 2 nitrogen and oxygen atoms in total. The monoisotopic (exact) mass is 240 g/mol. The molecule has 1 rings (SSSR count). The molecule has 44 valence electrons. The highest BCUT2D eigenvalue weighted by molar-refractivity contribution is 14.1. The van der Waals surface area contributed by atoms with Gasteiger partial charge < -0.3 is 5.32 Å². The molecule has 0 unspecified atom stereocenters. The second-order valence-electron chi connectivity index (χ2n) is 1.23. The molecule has 0 bridgehead atoms. The van der Waals surface area contributed by atoms with Crippen molar-refractivity contribution < 1.29 is 0 Å². The highest BCUT2D eigenvalue weighted by Crippen LogP contribution is 2.14. The van der Waals surface area contributed by atoms with Gasteiger partial charge in [0.15, 0.2) is 5.13 Å². The number of hydrogen-bond acceptors (Lipinski definition) is 3. The van der Waals surface area contributed by atoms with E-state index in [-0.39, 0.29) is 0 Å². The largest absolute Gasteiger partial charge is 0.365 e. The Kier molecular flexibility index (Phi) is 2.07. The molecular formula is C4H5IN2S. The lowest BCUT2D eigenvalue weighted by molar-refractivity contribution is 1.32. The van der Waals surface area contributed by atoms with Crippen molar-refractivity contribution in [2.24, 2.45) is 0 Å². The molecule has 0 aromatic carbocycles. The fourth-order valence-corrected chi connectivity index (χ4v) is 1.69. The third-order valence-corrected chi connectivity index (χ3v) is 2.53. The quantitative estimate of drug-likeness (QED) is 0.757. The lowest BCUT2D eigenvalue weighted by Gasteiger charge is -1.84. The average Bonchev–Trinajstić information content (AvgIpc) is 2.14. The Morgan fingerprint density at radius 2 is 2.62 bits per heavy atom. The Labute approximate surface area is 65.5 Å². The maximum atomic E-state index is 4.12. The van der Waals surface area contributed by atoms with Crippen LogP contribution < -0.4 is 5.32 Å². The summed E-state index contributed by atoms with van der Waals surface area (Å²) in [5.74, 6) is 0. The maximum absolute atomic E-state index is 4.12. The van der Waals surface area contributed by atoms with Gasteiger partial charge in [-0.2, -0.15) is 0 Å². The number of thiazole rings is 1. The number of nitrogens with one attached hydrogen (secondary N) is 1. The predicted molar refractivity (Wildman–Crippen MR) is 44.4 cm³/mol. The van der Waals surface area contributed by atoms with E-state index < -0.39 is 0 Å². The smallest absolute Gasteiger partial charge is 0.183 e.